The maximum Gasteiger partial charge on any atom is 0.243 e. The van der Waals surface area contributed by atoms with Crippen LogP contribution >= 0.6 is 11.6 Å². The van der Waals surface area contributed by atoms with E-state index in [1.54, 1.807) is 42.5 Å². The Morgan fingerprint density at radius 3 is 2.26 bits per heavy atom. The molecule has 0 spiro atoms. The van der Waals surface area contributed by atoms with Crippen LogP contribution in [-0.2, 0) is 21.4 Å². The number of carbonyl (C=O) groups is 1. The first-order valence-corrected chi connectivity index (χ1v) is 8.75. The van der Waals surface area contributed by atoms with Crippen LogP contribution in [0.1, 0.15) is 5.56 Å². The predicted octanol–water partition coefficient (Wildman–Crippen LogP) is 2.28. The molecule has 0 bridgehead atoms. The van der Waals surface area contributed by atoms with Crippen molar-refractivity contribution in [3.05, 3.63) is 65.2 Å². The molecule has 0 aliphatic heterocycles. The third-order valence-corrected chi connectivity index (χ3v) is 5.31. The Morgan fingerprint density at radius 2 is 1.70 bits per heavy atom. The van der Waals surface area contributed by atoms with Gasteiger partial charge >= 0.3 is 0 Å². The molecular weight excluding hydrogens is 336 g/mol. The number of nitrogens with zero attached hydrogens (tertiary/aromatic N) is 1. The Morgan fingerprint density at radius 1 is 1.09 bits per heavy atom. The predicted molar refractivity (Wildman–Crippen MR) is 89.6 cm³/mol. The Kier molecular flexibility index (Phi) is 5.76. The average molecular weight is 353 g/mol. The van der Waals surface area contributed by atoms with Gasteiger partial charge in [0, 0.05) is 18.6 Å². The van der Waals surface area contributed by atoms with E-state index in [-0.39, 0.29) is 23.9 Å². The first kappa shape index (κ1) is 17.5. The molecule has 2 aromatic carbocycles. The van der Waals surface area contributed by atoms with Gasteiger partial charge in [0.15, 0.2) is 0 Å². The molecule has 2 aromatic rings. The Labute approximate surface area is 140 Å². The van der Waals surface area contributed by atoms with Gasteiger partial charge in [-0.15, -0.1) is 0 Å². The Balaban J connectivity index is 2.33. The zero-order valence-electron chi connectivity index (χ0n) is 12.6. The minimum atomic E-state index is -3.78. The van der Waals surface area contributed by atoms with Crippen LogP contribution < -0.4 is 5.32 Å². The van der Waals surface area contributed by atoms with Crippen LogP contribution in [0.5, 0.6) is 0 Å². The molecule has 122 valence electrons. The molecule has 1 N–H and O–H groups in total. The summed E-state index contributed by atoms with van der Waals surface area (Å²) in [7, 11) is -2.30. The van der Waals surface area contributed by atoms with Crippen molar-refractivity contribution in [3.63, 3.8) is 0 Å². The number of hydrogen-bond donors (Lipinski definition) is 1. The van der Waals surface area contributed by atoms with Gasteiger partial charge in [0.05, 0.1) is 11.4 Å². The highest BCUT2D eigenvalue weighted by Gasteiger charge is 2.26. The minimum absolute atomic E-state index is 0.0851. The minimum Gasteiger partial charge on any atom is -0.358 e. The van der Waals surface area contributed by atoms with E-state index in [0.717, 1.165) is 9.87 Å². The fourth-order valence-electron chi connectivity index (χ4n) is 2.00. The van der Waals surface area contributed by atoms with Gasteiger partial charge in [-0.25, -0.2) is 8.42 Å². The van der Waals surface area contributed by atoms with E-state index in [1.165, 1.54) is 19.2 Å². The fraction of sp³-hybridized carbons (Fsp3) is 0.188. The smallest absolute Gasteiger partial charge is 0.243 e. The van der Waals surface area contributed by atoms with Crippen LogP contribution in [0.2, 0.25) is 5.02 Å². The van der Waals surface area contributed by atoms with Crippen molar-refractivity contribution < 1.29 is 13.2 Å². The number of nitrogens with one attached hydrogen (secondary N) is 1. The first-order chi connectivity index (χ1) is 10.9. The number of rotatable bonds is 6. The lowest BCUT2D eigenvalue weighted by Crippen LogP contribution is -2.39. The number of carbonyl (C=O) groups excluding carboxylic acids is 1. The monoisotopic (exact) mass is 352 g/mol. The molecule has 0 aliphatic carbocycles. The number of hydrogen-bond acceptors (Lipinski definition) is 3. The van der Waals surface area contributed by atoms with Crippen LogP contribution in [0.15, 0.2) is 59.5 Å². The lowest BCUT2D eigenvalue weighted by molar-refractivity contribution is -0.120. The van der Waals surface area contributed by atoms with Crippen molar-refractivity contribution in [2.24, 2.45) is 0 Å². The van der Waals surface area contributed by atoms with Crippen LogP contribution in [-0.4, -0.2) is 32.2 Å². The molecule has 0 unspecified atom stereocenters. The van der Waals surface area contributed by atoms with Crippen LogP contribution in [0.3, 0.4) is 0 Å². The van der Waals surface area contributed by atoms with Crippen molar-refractivity contribution in [2.45, 2.75) is 11.4 Å². The zero-order chi connectivity index (χ0) is 16.9. The molecular formula is C16H17ClN2O3S. The highest BCUT2D eigenvalue weighted by atomic mass is 35.5. The zero-order valence-corrected chi connectivity index (χ0v) is 14.1. The third kappa shape index (κ3) is 4.54. The number of likely N-dealkylation sites (N-methyl/N-ethyl adjacent to an activating group) is 1. The average Bonchev–Trinajstić information content (AvgIpc) is 2.56. The molecule has 0 aromatic heterocycles. The summed E-state index contributed by atoms with van der Waals surface area (Å²) in [6.45, 7) is -0.168. The van der Waals surface area contributed by atoms with Crippen molar-refractivity contribution >= 4 is 27.5 Å². The molecule has 0 radical (unpaired) electrons. The summed E-state index contributed by atoms with van der Waals surface area (Å²) in [5.41, 5.74) is 0.748. The van der Waals surface area contributed by atoms with Gasteiger partial charge in [-0.05, 0) is 29.8 Å². The second-order valence-electron chi connectivity index (χ2n) is 4.89. The second kappa shape index (κ2) is 7.59. The van der Waals surface area contributed by atoms with E-state index < -0.39 is 10.0 Å². The lowest BCUT2D eigenvalue weighted by Gasteiger charge is -2.21. The maximum absolute atomic E-state index is 12.8. The van der Waals surface area contributed by atoms with Crippen LogP contribution in [0, 0.1) is 0 Å². The molecule has 23 heavy (non-hydrogen) atoms. The number of halogens is 1. The molecule has 1 amide bonds. The Hall–Kier alpha value is -1.89. The normalized spacial score (nSPS) is 11.4. The van der Waals surface area contributed by atoms with E-state index in [0.29, 0.717) is 5.02 Å². The lowest BCUT2D eigenvalue weighted by atomic mass is 10.2. The fourth-order valence-corrected chi connectivity index (χ4v) is 3.53. The highest BCUT2D eigenvalue weighted by molar-refractivity contribution is 7.89. The summed E-state index contributed by atoms with van der Waals surface area (Å²) in [5, 5.41) is 3.01. The molecule has 0 aliphatic rings. The molecule has 7 heteroatoms. The van der Waals surface area contributed by atoms with Gasteiger partial charge in [0.25, 0.3) is 0 Å². The van der Waals surface area contributed by atoms with Crippen molar-refractivity contribution in [1.29, 1.82) is 0 Å². The van der Waals surface area contributed by atoms with E-state index in [1.807, 2.05) is 0 Å². The highest BCUT2D eigenvalue weighted by Crippen LogP contribution is 2.19. The van der Waals surface area contributed by atoms with Gasteiger partial charge in [0.2, 0.25) is 15.9 Å². The number of amides is 1. The van der Waals surface area contributed by atoms with Gasteiger partial charge in [-0.2, -0.15) is 4.31 Å². The van der Waals surface area contributed by atoms with E-state index in [9.17, 15) is 13.2 Å². The number of sulfonamides is 1. The Bertz CT molecular complexity index is 762. The second-order valence-corrected chi connectivity index (χ2v) is 7.26. The SMILES string of the molecule is CNC(=O)CN(Cc1ccc(Cl)cc1)S(=O)(=O)c1ccccc1. The van der Waals surface area contributed by atoms with Gasteiger partial charge < -0.3 is 5.32 Å². The maximum atomic E-state index is 12.8. The summed E-state index contributed by atoms with van der Waals surface area (Å²) < 4.78 is 26.7. The molecule has 0 fully saturated rings. The van der Waals surface area contributed by atoms with Gasteiger partial charge in [-0.1, -0.05) is 41.9 Å². The first-order valence-electron chi connectivity index (χ1n) is 6.93. The van der Waals surface area contributed by atoms with Crippen molar-refractivity contribution in [1.82, 2.24) is 9.62 Å². The molecule has 0 saturated carbocycles. The molecule has 0 heterocycles. The topological polar surface area (TPSA) is 66.5 Å². The third-order valence-electron chi connectivity index (χ3n) is 3.25. The summed E-state index contributed by atoms with van der Waals surface area (Å²) in [4.78, 5) is 11.9. The summed E-state index contributed by atoms with van der Waals surface area (Å²) in [6, 6.07) is 14.9. The van der Waals surface area contributed by atoms with E-state index >= 15 is 0 Å². The summed E-state index contributed by atoms with van der Waals surface area (Å²) in [6.07, 6.45) is 0. The largest absolute Gasteiger partial charge is 0.358 e. The molecule has 0 atom stereocenters. The quantitative estimate of drug-likeness (QED) is 0.867. The number of benzene rings is 2. The summed E-state index contributed by atoms with van der Waals surface area (Å²) in [5.74, 6) is -0.376. The van der Waals surface area contributed by atoms with Crippen LogP contribution in [0.4, 0.5) is 0 Å². The van der Waals surface area contributed by atoms with E-state index in [2.05, 4.69) is 5.32 Å². The molecule has 2 rings (SSSR count). The van der Waals surface area contributed by atoms with Crippen molar-refractivity contribution in [2.75, 3.05) is 13.6 Å². The van der Waals surface area contributed by atoms with Crippen LogP contribution in [0.25, 0.3) is 0 Å². The summed E-state index contributed by atoms with van der Waals surface area (Å²) >= 11 is 5.84. The van der Waals surface area contributed by atoms with E-state index in [4.69, 9.17) is 11.6 Å². The van der Waals surface area contributed by atoms with Crippen molar-refractivity contribution in [3.8, 4) is 0 Å². The molecule has 5 nitrogen and oxygen atoms in total. The standard InChI is InChI=1S/C16H17ClN2O3S/c1-18-16(20)12-19(11-13-7-9-14(17)10-8-13)23(21,22)15-5-3-2-4-6-15/h2-10H,11-12H2,1H3,(H,18,20). The molecule has 0 saturated heterocycles. The van der Waals surface area contributed by atoms with Gasteiger partial charge in [-0.3, -0.25) is 4.79 Å². The van der Waals surface area contributed by atoms with Gasteiger partial charge in [0.1, 0.15) is 0 Å².